The number of anilines is 1. The number of rotatable bonds is 5. The van der Waals surface area contributed by atoms with Gasteiger partial charge in [0.1, 0.15) is 11.4 Å². The first kappa shape index (κ1) is 25.7. The first-order valence-corrected chi connectivity index (χ1v) is 13.7. The number of fused-ring (bicyclic) bond motifs is 1. The summed E-state index contributed by atoms with van der Waals surface area (Å²) >= 11 is 1.75. The number of phenolic OH excluding ortho intramolecular Hbond substituents is 1. The Balaban J connectivity index is 1.32. The van der Waals surface area contributed by atoms with Gasteiger partial charge in [0.25, 0.3) is 0 Å². The number of morpholine rings is 1. The number of nitrogens with zero attached hydrogens (tertiary/aromatic N) is 4. The number of amides is 1. The molecule has 0 atom stereocenters. The minimum Gasteiger partial charge on any atom is -0.508 e. The molecule has 0 aliphatic carbocycles. The maximum Gasteiger partial charge on any atom is 0.407 e. The molecule has 10 heteroatoms. The number of piperidine rings is 1. The first-order chi connectivity index (χ1) is 17.7. The van der Waals surface area contributed by atoms with Crippen LogP contribution in [0, 0.1) is 0 Å². The zero-order valence-corrected chi connectivity index (χ0v) is 22.5. The van der Waals surface area contributed by atoms with E-state index >= 15 is 0 Å². The number of carbonyl (C=O) groups excluding carboxylic acids is 1. The lowest BCUT2D eigenvalue weighted by molar-refractivity contribution is 0.0477. The van der Waals surface area contributed by atoms with Crippen molar-refractivity contribution >= 4 is 33.5 Å². The molecule has 1 aromatic carbocycles. The van der Waals surface area contributed by atoms with E-state index in [1.165, 1.54) is 4.88 Å². The molecule has 37 heavy (non-hydrogen) atoms. The molecule has 9 nitrogen and oxygen atoms in total. The molecule has 0 spiro atoms. The zero-order valence-electron chi connectivity index (χ0n) is 21.7. The Morgan fingerprint density at radius 3 is 2.62 bits per heavy atom. The fraction of sp³-hybridized carbons (Fsp3) is 0.519. The van der Waals surface area contributed by atoms with Crippen LogP contribution in [0.25, 0.3) is 21.6 Å². The lowest BCUT2D eigenvalue weighted by Gasteiger charge is -2.32. The number of ether oxygens (including phenoxy) is 2. The lowest BCUT2D eigenvalue weighted by atomic mass is 10.1. The number of hydrogen-bond donors (Lipinski definition) is 2. The Labute approximate surface area is 221 Å². The highest BCUT2D eigenvalue weighted by atomic mass is 32.1. The van der Waals surface area contributed by atoms with Crippen molar-refractivity contribution in [2.24, 2.45) is 0 Å². The van der Waals surface area contributed by atoms with Crippen LogP contribution in [0.4, 0.5) is 10.6 Å². The van der Waals surface area contributed by atoms with Gasteiger partial charge in [0.15, 0.2) is 11.6 Å². The third kappa shape index (κ3) is 6.49. The van der Waals surface area contributed by atoms with Crippen molar-refractivity contribution < 1.29 is 19.4 Å². The van der Waals surface area contributed by atoms with Gasteiger partial charge >= 0.3 is 6.09 Å². The van der Waals surface area contributed by atoms with Crippen molar-refractivity contribution in [2.45, 2.75) is 51.8 Å². The van der Waals surface area contributed by atoms with E-state index in [9.17, 15) is 9.90 Å². The summed E-state index contributed by atoms with van der Waals surface area (Å²) in [5.41, 5.74) is 1.23. The van der Waals surface area contributed by atoms with E-state index in [-0.39, 0.29) is 17.9 Å². The van der Waals surface area contributed by atoms with E-state index in [1.807, 2.05) is 32.9 Å². The summed E-state index contributed by atoms with van der Waals surface area (Å²) in [5, 5.41) is 13.0. The Kier molecular flexibility index (Phi) is 7.50. The molecule has 2 aromatic heterocycles. The molecule has 2 N–H and O–H groups in total. The maximum absolute atomic E-state index is 12.1. The summed E-state index contributed by atoms with van der Waals surface area (Å²) in [4.78, 5) is 27.9. The second-order valence-electron chi connectivity index (χ2n) is 10.6. The molecule has 3 aromatic rings. The van der Waals surface area contributed by atoms with Crippen LogP contribution in [0.3, 0.4) is 0 Å². The third-order valence-electron chi connectivity index (χ3n) is 6.51. The highest BCUT2D eigenvalue weighted by Gasteiger charge is 2.25. The van der Waals surface area contributed by atoms with Crippen LogP contribution in [0.5, 0.6) is 5.75 Å². The van der Waals surface area contributed by atoms with Gasteiger partial charge in [-0.25, -0.2) is 14.8 Å². The number of aromatic nitrogens is 2. The van der Waals surface area contributed by atoms with Crippen molar-refractivity contribution in [3.63, 3.8) is 0 Å². The molecule has 5 rings (SSSR count). The van der Waals surface area contributed by atoms with Gasteiger partial charge in [-0.3, -0.25) is 4.90 Å². The van der Waals surface area contributed by atoms with Crippen molar-refractivity contribution in [3.8, 4) is 17.1 Å². The highest BCUT2D eigenvalue weighted by Crippen LogP contribution is 2.35. The standard InChI is InChI=1S/C27H35N5O4S/c1-27(2,3)36-26(34)28-19-7-9-31(10-8-19)17-21-16-22-23(37-21)25(32-11-13-35-14-12-32)30-24(29-22)18-5-4-6-20(33)15-18/h4-6,15-16,19,33H,7-14,17H2,1-3H3,(H,28,34). The zero-order chi connectivity index (χ0) is 26.0. The molecular formula is C27H35N5O4S. The molecule has 2 aliphatic rings. The molecule has 2 aliphatic heterocycles. The fourth-order valence-electron chi connectivity index (χ4n) is 4.74. The molecule has 0 bridgehead atoms. The van der Waals surface area contributed by atoms with E-state index < -0.39 is 5.60 Å². The molecule has 1 amide bonds. The van der Waals surface area contributed by atoms with Gasteiger partial charge in [-0.1, -0.05) is 12.1 Å². The number of hydrogen-bond acceptors (Lipinski definition) is 9. The van der Waals surface area contributed by atoms with Gasteiger partial charge < -0.3 is 24.8 Å². The average molecular weight is 526 g/mol. The summed E-state index contributed by atoms with van der Waals surface area (Å²) < 4.78 is 12.1. The monoisotopic (exact) mass is 525 g/mol. The quantitative estimate of drug-likeness (QED) is 0.506. The molecule has 4 heterocycles. The summed E-state index contributed by atoms with van der Waals surface area (Å²) in [7, 11) is 0. The number of alkyl carbamates (subject to hydrolysis) is 1. The number of nitrogens with one attached hydrogen (secondary N) is 1. The second kappa shape index (κ2) is 10.8. The summed E-state index contributed by atoms with van der Waals surface area (Å²) in [5.74, 6) is 1.75. The predicted molar refractivity (Wildman–Crippen MR) is 145 cm³/mol. The first-order valence-electron chi connectivity index (χ1n) is 12.9. The molecule has 0 radical (unpaired) electrons. The third-order valence-corrected chi connectivity index (χ3v) is 7.61. The van der Waals surface area contributed by atoms with Crippen LogP contribution in [0.1, 0.15) is 38.5 Å². The van der Waals surface area contributed by atoms with E-state index in [2.05, 4.69) is 21.2 Å². The van der Waals surface area contributed by atoms with E-state index in [0.29, 0.717) is 19.0 Å². The lowest BCUT2D eigenvalue weighted by Crippen LogP contribution is -2.45. The van der Waals surface area contributed by atoms with E-state index in [0.717, 1.165) is 67.2 Å². The van der Waals surface area contributed by atoms with Crippen LogP contribution >= 0.6 is 11.3 Å². The molecule has 0 saturated carbocycles. The fourth-order valence-corrected chi connectivity index (χ4v) is 5.89. The number of phenols is 1. The number of carbonyl (C=O) groups is 1. The van der Waals surface area contributed by atoms with Crippen LogP contribution in [0.2, 0.25) is 0 Å². The van der Waals surface area contributed by atoms with Crippen molar-refractivity contribution in [2.75, 3.05) is 44.3 Å². The van der Waals surface area contributed by atoms with Crippen molar-refractivity contribution in [3.05, 3.63) is 35.2 Å². The summed E-state index contributed by atoms with van der Waals surface area (Å²) in [6, 6.07) is 9.40. The molecular weight excluding hydrogens is 490 g/mol. The molecule has 2 saturated heterocycles. The second-order valence-corrected chi connectivity index (χ2v) is 11.8. The number of aromatic hydroxyl groups is 1. The van der Waals surface area contributed by atoms with Crippen LogP contribution in [-0.2, 0) is 16.0 Å². The van der Waals surface area contributed by atoms with Crippen molar-refractivity contribution in [1.29, 1.82) is 0 Å². The Hall–Kier alpha value is -2.95. The van der Waals surface area contributed by atoms with Gasteiger partial charge in [-0.05, 0) is 51.8 Å². The van der Waals surface area contributed by atoms with Crippen LogP contribution < -0.4 is 10.2 Å². The van der Waals surface area contributed by atoms with Crippen LogP contribution in [-0.4, -0.2) is 77.1 Å². The Bertz CT molecular complexity index is 1240. The van der Waals surface area contributed by atoms with Gasteiger partial charge in [0.2, 0.25) is 0 Å². The number of likely N-dealkylation sites (tertiary alicyclic amines) is 1. The SMILES string of the molecule is CC(C)(C)OC(=O)NC1CCN(Cc2cc3nc(-c4cccc(O)c4)nc(N4CCOCC4)c3s2)CC1. The highest BCUT2D eigenvalue weighted by molar-refractivity contribution is 7.19. The minimum atomic E-state index is -0.490. The smallest absolute Gasteiger partial charge is 0.407 e. The average Bonchev–Trinajstić information content (AvgIpc) is 3.26. The largest absolute Gasteiger partial charge is 0.508 e. The van der Waals surface area contributed by atoms with Crippen molar-refractivity contribution in [1.82, 2.24) is 20.2 Å². The molecule has 198 valence electrons. The minimum absolute atomic E-state index is 0.136. The maximum atomic E-state index is 12.1. The number of thiophene rings is 1. The van der Waals surface area contributed by atoms with E-state index in [1.54, 1.807) is 23.5 Å². The Morgan fingerprint density at radius 2 is 1.92 bits per heavy atom. The van der Waals surface area contributed by atoms with Gasteiger partial charge in [-0.2, -0.15) is 0 Å². The Morgan fingerprint density at radius 1 is 1.16 bits per heavy atom. The van der Waals surface area contributed by atoms with Gasteiger partial charge in [0, 0.05) is 49.2 Å². The van der Waals surface area contributed by atoms with Gasteiger partial charge in [0.05, 0.1) is 23.4 Å². The molecule has 0 unspecified atom stereocenters. The predicted octanol–water partition coefficient (Wildman–Crippen LogP) is 4.39. The van der Waals surface area contributed by atoms with Crippen LogP contribution in [0.15, 0.2) is 30.3 Å². The van der Waals surface area contributed by atoms with E-state index in [4.69, 9.17) is 19.4 Å². The molecule has 2 fully saturated rings. The summed E-state index contributed by atoms with van der Waals surface area (Å²) in [6.45, 7) is 11.2. The topological polar surface area (TPSA) is 100 Å². The normalized spacial score (nSPS) is 17.8. The number of benzene rings is 1. The summed E-state index contributed by atoms with van der Waals surface area (Å²) in [6.07, 6.45) is 1.45. The van der Waals surface area contributed by atoms with Gasteiger partial charge in [-0.15, -0.1) is 11.3 Å².